The molecule has 0 unspecified atom stereocenters. The number of aromatic nitrogens is 2. The highest BCUT2D eigenvalue weighted by Crippen LogP contribution is 2.22. The van der Waals surface area contributed by atoms with Gasteiger partial charge in [-0.15, -0.1) is 0 Å². The van der Waals surface area contributed by atoms with Gasteiger partial charge in [0.2, 0.25) is 0 Å². The Balaban J connectivity index is 1.61. The van der Waals surface area contributed by atoms with Crippen molar-refractivity contribution in [2.45, 2.75) is 20.8 Å². The fourth-order valence-electron chi connectivity index (χ4n) is 2.73. The number of aryl methyl sites for hydroxylation is 2. The molecule has 6 nitrogen and oxygen atoms in total. The van der Waals surface area contributed by atoms with Gasteiger partial charge in [-0.1, -0.05) is 29.8 Å². The number of hydrogen-bond acceptors (Lipinski definition) is 4. The Morgan fingerprint density at radius 1 is 1.07 bits per heavy atom. The molecular weight excluding hydrogens is 378 g/mol. The van der Waals surface area contributed by atoms with Crippen LogP contribution in [0.1, 0.15) is 27.3 Å². The number of carbonyl (C=O) groups is 2. The summed E-state index contributed by atoms with van der Waals surface area (Å²) >= 11 is 6.17. The van der Waals surface area contributed by atoms with Gasteiger partial charge in [-0.25, -0.2) is 9.48 Å². The van der Waals surface area contributed by atoms with E-state index in [4.69, 9.17) is 16.3 Å². The minimum absolute atomic E-state index is 0.347. The van der Waals surface area contributed by atoms with Crippen LogP contribution >= 0.6 is 11.6 Å². The summed E-state index contributed by atoms with van der Waals surface area (Å²) in [5, 5.41) is 7.71. The molecule has 1 N–H and O–H groups in total. The quantitative estimate of drug-likeness (QED) is 0.653. The summed E-state index contributed by atoms with van der Waals surface area (Å²) in [6, 6.07) is 14.1. The average molecular weight is 398 g/mol. The number of para-hydroxylation sites is 1. The molecule has 0 bridgehead atoms. The molecule has 2 aromatic carbocycles. The number of nitrogens with one attached hydrogen (secondary N) is 1. The first kappa shape index (κ1) is 19.6. The van der Waals surface area contributed by atoms with Crippen molar-refractivity contribution in [3.05, 3.63) is 76.1 Å². The second-order valence-electron chi connectivity index (χ2n) is 6.38. The van der Waals surface area contributed by atoms with Gasteiger partial charge in [0, 0.05) is 5.69 Å². The van der Waals surface area contributed by atoms with E-state index in [0.29, 0.717) is 16.3 Å². The SMILES string of the molecule is Cc1ccccc1NC(=O)COC(=O)c1ccc(-n2nc(C)c(Cl)c2C)cc1. The number of halogens is 1. The average Bonchev–Trinajstić information content (AvgIpc) is 2.95. The second kappa shape index (κ2) is 8.27. The molecule has 7 heteroatoms. The first-order valence-corrected chi connectivity index (χ1v) is 9.09. The van der Waals surface area contributed by atoms with Crippen molar-refractivity contribution in [3.63, 3.8) is 0 Å². The van der Waals surface area contributed by atoms with E-state index in [1.807, 2.05) is 39.0 Å². The van der Waals surface area contributed by atoms with E-state index in [0.717, 1.165) is 22.6 Å². The minimum Gasteiger partial charge on any atom is -0.452 e. The maximum absolute atomic E-state index is 12.2. The number of nitrogens with zero attached hydrogens (tertiary/aromatic N) is 2. The number of rotatable bonds is 5. The topological polar surface area (TPSA) is 73.2 Å². The number of amides is 1. The van der Waals surface area contributed by atoms with Gasteiger partial charge in [0.25, 0.3) is 5.91 Å². The molecule has 0 fully saturated rings. The molecule has 0 radical (unpaired) electrons. The molecule has 0 aliphatic rings. The zero-order valence-electron chi connectivity index (χ0n) is 15.8. The maximum atomic E-state index is 12.2. The number of anilines is 1. The van der Waals surface area contributed by atoms with Gasteiger partial charge in [-0.05, 0) is 56.7 Å². The minimum atomic E-state index is -0.571. The fourth-order valence-corrected chi connectivity index (χ4v) is 2.85. The van der Waals surface area contributed by atoms with Crippen LogP contribution in [-0.4, -0.2) is 28.3 Å². The highest BCUT2D eigenvalue weighted by atomic mass is 35.5. The predicted octanol–water partition coefficient (Wildman–Crippen LogP) is 4.25. The van der Waals surface area contributed by atoms with Crippen LogP contribution in [0.25, 0.3) is 5.69 Å². The van der Waals surface area contributed by atoms with Gasteiger partial charge in [0.1, 0.15) is 0 Å². The van der Waals surface area contributed by atoms with Crippen molar-refractivity contribution in [1.82, 2.24) is 9.78 Å². The Morgan fingerprint density at radius 2 is 1.75 bits per heavy atom. The van der Waals surface area contributed by atoms with E-state index in [1.54, 1.807) is 35.0 Å². The highest BCUT2D eigenvalue weighted by molar-refractivity contribution is 6.31. The second-order valence-corrected chi connectivity index (χ2v) is 6.76. The van der Waals surface area contributed by atoms with Crippen molar-refractivity contribution >= 4 is 29.2 Å². The molecule has 0 saturated heterocycles. The lowest BCUT2D eigenvalue weighted by Crippen LogP contribution is -2.21. The Hall–Kier alpha value is -3.12. The van der Waals surface area contributed by atoms with Crippen LogP contribution in [0, 0.1) is 20.8 Å². The van der Waals surface area contributed by atoms with Crippen LogP contribution in [0.4, 0.5) is 5.69 Å². The van der Waals surface area contributed by atoms with Crippen LogP contribution in [0.15, 0.2) is 48.5 Å². The number of hydrogen-bond donors (Lipinski definition) is 1. The van der Waals surface area contributed by atoms with Crippen LogP contribution in [0.2, 0.25) is 5.02 Å². The molecule has 1 heterocycles. The van der Waals surface area contributed by atoms with Gasteiger partial charge in [-0.2, -0.15) is 5.10 Å². The highest BCUT2D eigenvalue weighted by Gasteiger charge is 2.13. The lowest BCUT2D eigenvalue weighted by atomic mass is 10.2. The zero-order valence-corrected chi connectivity index (χ0v) is 16.6. The number of benzene rings is 2. The number of esters is 1. The van der Waals surface area contributed by atoms with Crippen molar-refractivity contribution in [2.24, 2.45) is 0 Å². The summed E-state index contributed by atoms with van der Waals surface area (Å²) < 4.78 is 6.81. The first-order valence-electron chi connectivity index (χ1n) is 8.71. The predicted molar refractivity (Wildman–Crippen MR) is 108 cm³/mol. The van der Waals surface area contributed by atoms with Gasteiger partial charge < -0.3 is 10.1 Å². The van der Waals surface area contributed by atoms with Crippen molar-refractivity contribution in [1.29, 1.82) is 0 Å². The molecule has 0 spiro atoms. The summed E-state index contributed by atoms with van der Waals surface area (Å²) in [4.78, 5) is 24.2. The molecule has 1 amide bonds. The van der Waals surface area contributed by atoms with Gasteiger partial charge in [0.15, 0.2) is 6.61 Å². The summed E-state index contributed by atoms with van der Waals surface area (Å²) in [6.07, 6.45) is 0. The summed E-state index contributed by atoms with van der Waals surface area (Å²) in [5.41, 5.74) is 4.31. The van der Waals surface area contributed by atoms with E-state index in [1.165, 1.54) is 0 Å². The largest absolute Gasteiger partial charge is 0.452 e. The van der Waals surface area contributed by atoms with Gasteiger partial charge in [0.05, 0.1) is 27.7 Å². The standard InChI is InChI=1S/C21H20ClN3O3/c1-13-6-4-5-7-18(13)23-19(26)12-28-21(27)16-8-10-17(11-9-16)25-15(3)20(22)14(2)24-25/h4-11H,12H2,1-3H3,(H,23,26). The smallest absolute Gasteiger partial charge is 0.338 e. The van der Waals surface area contributed by atoms with Crippen molar-refractivity contribution < 1.29 is 14.3 Å². The number of ether oxygens (including phenoxy) is 1. The molecule has 3 rings (SSSR count). The van der Waals surface area contributed by atoms with Crippen LogP contribution in [0.5, 0.6) is 0 Å². The van der Waals surface area contributed by atoms with E-state index < -0.39 is 11.9 Å². The van der Waals surface area contributed by atoms with Crippen LogP contribution < -0.4 is 5.32 Å². The molecule has 1 aromatic heterocycles. The number of carbonyl (C=O) groups excluding carboxylic acids is 2. The van der Waals surface area contributed by atoms with E-state index >= 15 is 0 Å². The van der Waals surface area contributed by atoms with Gasteiger partial charge >= 0.3 is 5.97 Å². The first-order chi connectivity index (χ1) is 13.4. The zero-order chi connectivity index (χ0) is 20.3. The van der Waals surface area contributed by atoms with E-state index in [-0.39, 0.29) is 6.61 Å². The van der Waals surface area contributed by atoms with E-state index in [2.05, 4.69) is 10.4 Å². The van der Waals surface area contributed by atoms with E-state index in [9.17, 15) is 9.59 Å². The molecule has 144 valence electrons. The summed E-state index contributed by atoms with van der Waals surface area (Å²) in [7, 11) is 0. The van der Waals surface area contributed by atoms with Crippen molar-refractivity contribution in [3.8, 4) is 5.69 Å². The molecule has 0 aliphatic heterocycles. The molecule has 0 atom stereocenters. The Labute approximate surface area is 168 Å². The summed E-state index contributed by atoms with van der Waals surface area (Å²) in [6.45, 7) is 5.23. The Morgan fingerprint density at radius 3 is 2.36 bits per heavy atom. The lowest BCUT2D eigenvalue weighted by Gasteiger charge is -2.09. The third-order valence-corrected chi connectivity index (χ3v) is 4.85. The third kappa shape index (κ3) is 4.23. The monoisotopic (exact) mass is 397 g/mol. The normalized spacial score (nSPS) is 10.6. The lowest BCUT2D eigenvalue weighted by molar-refractivity contribution is -0.119. The van der Waals surface area contributed by atoms with Crippen molar-refractivity contribution in [2.75, 3.05) is 11.9 Å². The molecule has 0 saturated carbocycles. The van der Waals surface area contributed by atoms with Gasteiger partial charge in [-0.3, -0.25) is 4.79 Å². The molecular formula is C21H20ClN3O3. The fraction of sp³-hybridized carbons (Fsp3) is 0.190. The molecule has 0 aliphatic carbocycles. The molecule has 28 heavy (non-hydrogen) atoms. The third-order valence-electron chi connectivity index (χ3n) is 4.30. The Bertz CT molecular complexity index is 1030. The Kier molecular flexibility index (Phi) is 5.80. The maximum Gasteiger partial charge on any atom is 0.338 e. The molecule has 3 aromatic rings. The van der Waals surface area contributed by atoms with Crippen LogP contribution in [-0.2, 0) is 9.53 Å². The summed E-state index contributed by atoms with van der Waals surface area (Å²) in [5.74, 6) is -0.963. The van der Waals surface area contributed by atoms with Crippen LogP contribution in [0.3, 0.4) is 0 Å².